The maximum atomic E-state index is 6.22. The fourth-order valence-corrected chi connectivity index (χ4v) is 4.55. The number of halogens is 2. The second kappa shape index (κ2) is 7.56. The summed E-state index contributed by atoms with van der Waals surface area (Å²) in [5.74, 6) is 1.07. The Morgan fingerprint density at radius 2 is 1.85 bits per heavy atom. The fraction of sp³-hybridized carbons (Fsp3) is 0.222. The van der Waals surface area contributed by atoms with Gasteiger partial charge in [0, 0.05) is 36.6 Å². The molecule has 26 heavy (non-hydrogen) atoms. The van der Waals surface area contributed by atoms with Crippen molar-refractivity contribution in [3.05, 3.63) is 52.5 Å². The van der Waals surface area contributed by atoms with Crippen molar-refractivity contribution in [2.75, 3.05) is 36.4 Å². The van der Waals surface area contributed by atoms with Crippen LogP contribution in [0.25, 0.3) is 10.1 Å². The summed E-state index contributed by atoms with van der Waals surface area (Å²) in [5.41, 5.74) is 0.772. The number of hydrogen-bond acceptors (Lipinski definition) is 4. The SMILES string of the molecule is S=C(Nc1ccc(Cl)cc1Cl)N1CCN(c2nsc3ccccc23)CC1. The molecule has 2 heterocycles. The summed E-state index contributed by atoms with van der Waals surface area (Å²) in [6.45, 7) is 3.43. The average molecular weight is 423 g/mol. The Bertz CT molecular complexity index is 951. The molecule has 1 N–H and O–H groups in total. The van der Waals surface area contributed by atoms with Crippen LogP contribution < -0.4 is 10.2 Å². The smallest absolute Gasteiger partial charge is 0.173 e. The van der Waals surface area contributed by atoms with E-state index in [1.165, 1.54) is 10.1 Å². The zero-order valence-corrected chi connectivity index (χ0v) is 16.9. The molecular weight excluding hydrogens is 407 g/mol. The third-order valence-corrected chi connectivity index (χ3v) is 6.12. The van der Waals surface area contributed by atoms with Crippen LogP contribution in [-0.2, 0) is 0 Å². The van der Waals surface area contributed by atoms with E-state index in [0.29, 0.717) is 15.2 Å². The summed E-state index contributed by atoms with van der Waals surface area (Å²) in [4.78, 5) is 4.48. The summed E-state index contributed by atoms with van der Waals surface area (Å²) >= 11 is 19.3. The standard InChI is InChI=1S/C18H16Cl2N4S2/c19-12-5-6-15(14(20)11-12)21-18(25)24-9-7-23(8-10-24)17-13-3-1-2-4-16(13)26-22-17/h1-6,11H,7-10H2,(H,21,25). The summed E-state index contributed by atoms with van der Waals surface area (Å²) < 4.78 is 5.87. The minimum Gasteiger partial charge on any atom is -0.352 e. The van der Waals surface area contributed by atoms with E-state index >= 15 is 0 Å². The van der Waals surface area contributed by atoms with Gasteiger partial charge in [-0.25, -0.2) is 0 Å². The molecule has 1 aromatic heterocycles. The minimum atomic E-state index is 0.562. The van der Waals surface area contributed by atoms with Gasteiger partial charge in [-0.3, -0.25) is 0 Å². The minimum absolute atomic E-state index is 0.562. The highest BCUT2D eigenvalue weighted by molar-refractivity contribution is 7.80. The zero-order valence-electron chi connectivity index (χ0n) is 13.8. The van der Waals surface area contributed by atoms with Gasteiger partial charge in [0.2, 0.25) is 0 Å². The molecule has 1 aliphatic heterocycles. The molecule has 0 radical (unpaired) electrons. The molecule has 0 bridgehead atoms. The van der Waals surface area contributed by atoms with E-state index in [1.54, 1.807) is 23.7 Å². The van der Waals surface area contributed by atoms with Crippen molar-refractivity contribution in [1.82, 2.24) is 9.27 Å². The van der Waals surface area contributed by atoms with Crippen LogP contribution in [-0.4, -0.2) is 40.6 Å². The topological polar surface area (TPSA) is 31.4 Å². The summed E-state index contributed by atoms with van der Waals surface area (Å²) in [6.07, 6.45) is 0. The van der Waals surface area contributed by atoms with Gasteiger partial charge in [-0.2, -0.15) is 4.37 Å². The molecule has 1 fully saturated rings. The lowest BCUT2D eigenvalue weighted by atomic mass is 10.2. The highest BCUT2D eigenvalue weighted by atomic mass is 35.5. The number of rotatable bonds is 2. The van der Waals surface area contributed by atoms with Crippen LogP contribution in [0.4, 0.5) is 11.5 Å². The van der Waals surface area contributed by atoms with E-state index < -0.39 is 0 Å². The van der Waals surface area contributed by atoms with Gasteiger partial charge in [-0.05, 0) is 54.1 Å². The van der Waals surface area contributed by atoms with Crippen LogP contribution in [0.3, 0.4) is 0 Å². The molecular formula is C18H16Cl2N4S2. The molecule has 1 saturated heterocycles. The molecule has 1 aliphatic rings. The normalized spacial score (nSPS) is 14.7. The van der Waals surface area contributed by atoms with Crippen LogP contribution in [0.2, 0.25) is 10.0 Å². The molecule has 134 valence electrons. The van der Waals surface area contributed by atoms with Gasteiger partial charge in [0.25, 0.3) is 0 Å². The number of benzene rings is 2. The van der Waals surface area contributed by atoms with Crippen LogP contribution in [0.15, 0.2) is 42.5 Å². The van der Waals surface area contributed by atoms with Crippen LogP contribution in [0, 0.1) is 0 Å². The Labute approximate surface area is 171 Å². The fourth-order valence-electron chi connectivity index (χ4n) is 3.01. The monoisotopic (exact) mass is 422 g/mol. The molecule has 0 aliphatic carbocycles. The van der Waals surface area contributed by atoms with Crippen LogP contribution in [0.1, 0.15) is 0 Å². The Morgan fingerprint density at radius 3 is 2.62 bits per heavy atom. The number of nitrogens with zero attached hydrogens (tertiary/aromatic N) is 3. The first-order chi connectivity index (χ1) is 12.6. The maximum absolute atomic E-state index is 6.22. The van der Waals surface area contributed by atoms with Crippen molar-refractivity contribution in [3.63, 3.8) is 0 Å². The lowest BCUT2D eigenvalue weighted by Gasteiger charge is -2.36. The Kier molecular flexibility index (Phi) is 5.18. The van der Waals surface area contributed by atoms with E-state index in [2.05, 4.69) is 37.7 Å². The van der Waals surface area contributed by atoms with Crippen molar-refractivity contribution in [3.8, 4) is 0 Å². The van der Waals surface area contributed by atoms with Gasteiger partial charge in [0.15, 0.2) is 5.11 Å². The predicted octanol–water partition coefficient (Wildman–Crippen LogP) is 5.12. The van der Waals surface area contributed by atoms with Crippen molar-refractivity contribution < 1.29 is 0 Å². The molecule has 0 spiro atoms. The van der Waals surface area contributed by atoms with Crippen LogP contribution >= 0.6 is 47.0 Å². The van der Waals surface area contributed by atoms with Gasteiger partial charge in [-0.1, -0.05) is 35.3 Å². The van der Waals surface area contributed by atoms with Crippen LogP contribution in [0.5, 0.6) is 0 Å². The first-order valence-corrected chi connectivity index (χ1v) is 10.2. The van der Waals surface area contributed by atoms with Gasteiger partial charge >= 0.3 is 0 Å². The van der Waals surface area contributed by atoms with Crippen molar-refractivity contribution >= 4 is 73.7 Å². The quantitative estimate of drug-likeness (QED) is 0.578. The van der Waals surface area contributed by atoms with E-state index in [4.69, 9.17) is 35.4 Å². The Hall–Kier alpha value is -1.60. The third-order valence-electron chi connectivity index (χ3n) is 4.40. The average Bonchev–Trinajstić information content (AvgIpc) is 3.08. The van der Waals surface area contributed by atoms with Gasteiger partial charge < -0.3 is 15.1 Å². The molecule has 4 rings (SSSR count). The van der Waals surface area contributed by atoms with E-state index in [9.17, 15) is 0 Å². The third kappa shape index (κ3) is 3.60. The number of piperazine rings is 1. The Balaban J connectivity index is 1.41. The van der Waals surface area contributed by atoms with Crippen molar-refractivity contribution in [2.24, 2.45) is 0 Å². The molecule has 2 aromatic carbocycles. The number of hydrogen-bond donors (Lipinski definition) is 1. The zero-order chi connectivity index (χ0) is 18.1. The van der Waals surface area contributed by atoms with E-state index in [1.807, 2.05) is 12.1 Å². The number of anilines is 2. The second-order valence-corrected chi connectivity index (χ2v) is 8.07. The number of thiocarbonyl (C=S) groups is 1. The molecule has 0 unspecified atom stereocenters. The Morgan fingerprint density at radius 1 is 1.08 bits per heavy atom. The lowest BCUT2D eigenvalue weighted by Crippen LogP contribution is -2.50. The van der Waals surface area contributed by atoms with Gasteiger partial charge in [0.05, 0.1) is 15.4 Å². The largest absolute Gasteiger partial charge is 0.352 e. The van der Waals surface area contributed by atoms with Gasteiger partial charge in [0.1, 0.15) is 5.82 Å². The summed E-state index contributed by atoms with van der Waals surface area (Å²) in [5, 5.41) is 6.29. The molecule has 0 saturated carbocycles. The van der Waals surface area contributed by atoms with Crippen molar-refractivity contribution in [1.29, 1.82) is 0 Å². The van der Waals surface area contributed by atoms with E-state index in [0.717, 1.165) is 37.7 Å². The highest BCUT2D eigenvalue weighted by Crippen LogP contribution is 2.30. The summed E-state index contributed by atoms with van der Waals surface area (Å²) in [7, 11) is 0. The second-order valence-electron chi connectivity index (χ2n) is 6.03. The molecule has 3 aromatic rings. The number of nitrogens with one attached hydrogen (secondary N) is 1. The number of fused-ring (bicyclic) bond motifs is 1. The molecule has 0 amide bonds. The predicted molar refractivity (Wildman–Crippen MR) is 116 cm³/mol. The highest BCUT2D eigenvalue weighted by Gasteiger charge is 2.22. The molecule has 0 atom stereocenters. The molecule has 4 nitrogen and oxygen atoms in total. The first-order valence-electron chi connectivity index (χ1n) is 8.22. The number of aromatic nitrogens is 1. The van der Waals surface area contributed by atoms with Crippen molar-refractivity contribution in [2.45, 2.75) is 0 Å². The first kappa shape index (κ1) is 17.8. The summed E-state index contributed by atoms with van der Waals surface area (Å²) in [6, 6.07) is 13.7. The maximum Gasteiger partial charge on any atom is 0.173 e. The van der Waals surface area contributed by atoms with E-state index in [-0.39, 0.29) is 0 Å². The molecule has 8 heteroatoms. The lowest BCUT2D eigenvalue weighted by molar-refractivity contribution is 0.390. The van der Waals surface area contributed by atoms with Gasteiger partial charge in [-0.15, -0.1) is 0 Å².